The van der Waals surface area contributed by atoms with Crippen molar-refractivity contribution in [3.05, 3.63) is 0 Å². The van der Waals surface area contributed by atoms with Crippen molar-refractivity contribution >= 4 is 7.85 Å². The second kappa shape index (κ2) is 6.12. The van der Waals surface area contributed by atoms with Gasteiger partial charge in [-0.05, 0) is 18.3 Å². The molecule has 0 aromatic rings. The summed E-state index contributed by atoms with van der Waals surface area (Å²) < 4.78 is 0. The van der Waals surface area contributed by atoms with Gasteiger partial charge >= 0.3 is 0 Å². The quantitative estimate of drug-likeness (QED) is 0.512. The third-order valence-corrected chi connectivity index (χ3v) is 4.86. The van der Waals surface area contributed by atoms with Gasteiger partial charge in [-0.2, -0.15) is 0 Å². The molecule has 0 spiro atoms. The average molecular weight is 220 g/mol. The molecule has 0 heterocycles. The first-order valence-electron chi connectivity index (χ1n) is 7.37. The fourth-order valence-corrected chi connectivity index (χ4v) is 3.37. The number of hydrogen-bond acceptors (Lipinski definition) is 0. The van der Waals surface area contributed by atoms with Gasteiger partial charge in [0.2, 0.25) is 0 Å². The normalized spacial score (nSPS) is 20.2. The van der Waals surface area contributed by atoms with Gasteiger partial charge in [0, 0.05) is 0 Å². The molecule has 0 aromatic heterocycles. The van der Waals surface area contributed by atoms with Crippen LogP contribution in [0.1, 0.15) is 85.0 Å². The Morgan fingerprint density at radius 2 is 1.44 bits per heavy atom. The van der Waals surface area contributed by atoms with Crippen LogP contribution >= 0.6 is 0 Å². The molecule has 0 amide bonds. The fraction of sp³-hybridized carbons (Fsp3) is 1.00. The van der Waals surface area contributed by atoms with Crippen LogP contribution in [0.4, 0.5) is 0 Å². The lowest BCUT2D eigenvalue weighted by molar-refractivity contribution is 0.163. The smallest absolute Gasteiger partial charge is 0.0654 e. The highest BCUT2D eigenvalue weighted by Gasteiger charge is 2.43. The van der Waals surface area contributed by atoms with Crippen LogP contribution in [-0.4, -0.2) is 7.85 Å². The van der Waals surface area contributed by atoms with Gasteiger partial charge in [-0.1, -0.05) is 77.5 Å². The van der Waals surface area contributed by atoms with E-state index < -0.39 is 0 Å². The van der Waals surface area contributed by atoms with Crippen molar-refractivity contribution in [3.8, 4) is 0 Å². The zero-order chi connectivity index (χ0) is 12.1. The lowest BCUT2D eigenvalue weighted by Gasteiger charge is -2.46. The predicted octanol–water partition coefficient (Wildman–Crippen LogP) is 5.27. The molecule has 0 aromatic carbocycles. The van der Waals surface area contributed by atoms with Gasteiger partial charge in [0.05, 0.1) is 7.85 Å². The number of rotatable bonds is 7. The van der Waals surface area contributed by atoms with Crippen molar-refractivity contribution in [2.45, 2.75) is 90.3 Å². The van der Waals surface area contributed by atoms with Crippen LogP contribution in [0.25, 0.3) is 0 Å². The molecule has 0 aliphatic heterocycles. The summed E-state index contributed by atoms with van der Waals surface area (Å²) in [6.45, 7) is 7.04. The molecule has 0 nitrogen and oxygen atoms in total. The van der Waals surface area contributed by atoms with Gasteiger partial charge in [0.1, 0.15) is 0 Å². The lowest BCUT2D eigenvalue weighted by Crippen LogP contribution is -2.32. The first-order chi connectivity index (χ1) is 7.58. The summed E-state index contributed by atoms with van der Waals surface area (Å²) >= 11 is 0. The highest BCUT2D eigenvalue weighted by atomic mass is 14.5. The van der Waals surface area contributed by atoms with E-state index in [-0.39, 0.29) is 5.31 Å². The second-order valence-corrected chi connectivity index (χ2v) is 6.13. The minimum atomic E-state index is 0.150. The van der Waals surface area contributed by atoms with Crippen molar-refractivity contribution < 1.29 is 0 Å². The highest BCUT2D eigenvalue weighted by molar-refractivity contribution is 6.16. The van der Waals surface area contributed by atoms with Crippen LogP contribution in [0.15, 0.2) is 0 Å². The summed E-state index contributed by atoms with van der Waals surface area (Å²) in [5.74, 6) is 0. The van der Waals surface area contributed by atoms with Gasteiger partial charge in [-0.3, -0.25) is 0 Å². The highest BCUT2D eigenvalue weighted by Crippen LogP contribution is 2.59. The van der Waals surface area contributed by atoms with Crippen molar-refractivity contribution in [2.75, 3.05) is 0 Å². The van der Waals surface area contributed by atoms with E-state index in [0.717, 1.165) is 0 Å². The molecule has 1 heteroatoms. The van der Waals surface area contributed by atoms with E-state index >= 15 is 0 Å². The zero-order valence-corrected chi connectivity index (χ0v) is 11.6. The molecule has 1 aliphatic carbocycles. The summed E-state index contributed by atoms with van der Waals surface area (Å²) in [7, 11) is 6.72. The summed E-state index contributed by atoms with van der Waals surface area (Å²) in [5, 5.41) is 0.150. The van der Waals surface area contributed by atoms with Crippen molar-refractivity contribution in [1.82, 2.24) is 0 Å². The Morgan fingerprint density at radius 3 is 1.81 bits per heavy atom. The summed E-state index contributed by atoms with van der Waals surface area (Å²) in [5.41, 5.74) is 0.398. The van der Waals surface area contributed by atoms with Crippen LogP contribution in [-0.2, 0) is 0 Å². The van der Waals surface area contributed by atoms with Crippen molar-refractivity contribution in [1.29, 1.82) is 0 Å². The maximum absolute atomic E-state index is 6.72. The zero-order valence-electron chi connectivity index (χ0n) is 11.6. The molecule has 1 rings (SSSR count). The van der Waals surface area contributed by atoms with Gasteiger partial charge in [0.15, 0.2) is 0 Å². The molecule has 1 saturated carbocycles. The molecular formula is C15H29B. The maximum atomic E-state index is 6.72. The number of unbranched alkanes of at least 4 members (excludes halogenated alkanes) is 2. The molecule has 1 aliphatic rings. The average Bonchev–Trinajstić information content (AvgIpc) is 2.72. The molecule has 0 unspecified atom stereocenters. The Morgan fingerprint density at radius 1 is 1.00 bits per heavy atom. The fourth-order valence-electron chi connectivity index (χ4n) is 3.37. The van der Waals surface area contributed by atoms with E-state index in [1.54, 1.807) is 0 Å². The van der Waals surface area contributed by atoms with E-state index in [1.165, 1.54) is 64.2 Å². The Hall–Kier alpha value is 0.0649. The van der Waals surface area contributed by atoms with Gasteiger partial charge < -0.3 is 0 Å². The van der Waals surface area contributed by atoms with E-state index in [9.17, 15) is 0 Å². The van der Waals surface area contributed by atoms with Gasteiger partial charge in [-0.25, -0.2) is 0 Å². The Bertz CT molecular complexity index is 184. The first-order valence-corrected chi connectivity index (χ1v) is 7.37. The monoisotopic (exact) mass is 220 g/mol. The minimum Gasteiger partial charge on any atom is -0.0654 e. The van der Waals surface area contributed by atoms with Crippen LogP contribution in [0, 0.1) is 5.41 Å². The first kappa shape index (κ1) is 14.1. The topological polar surface area (TPSA) is 0 Å². The molecule has 16 heavy (non-hydrogen) atoms. The third-order valence-electron chi connectivity index (χ3n) is 4.86. The molecule has 0 saturated heterocycles. The van der Waals surface area contributed by atoms with Gasteiger partial charge in [0.25, 0.3) is 0 Å². The van der Waals surface area contributed by atoms with Crippen molar-refractivity contribution in [3.63, 3.8) is 0 Å². The van der Waals surface area contributed by atoms with E-state index in [1.807, 2.05) is 0 Å². The van der Waals surface area contributed by atoms with Gasteiger partial charge in [-0.15, -0.1) is 0 Å². The van der Waals surface area contributed by atoms with Crippen LogP contribution in [0.2, 0.25) is 5.31 Å². The van der Waals surface area contributed by atoms with Crippen LogP contribution in [0.5, 0.6) is 0 Å². The third kappa shape index (κ3) is 3.05. The Labute approximate surface area is 104 Å². The molecule has 0 N–H and O–H groups in total. The number of hydrogen-bond donors (Lipinski definition) is 0. The van der Waals surface area contributed by atoms with Crippen LogP contribution in [0.3, 0.4) is 0 Å². The Balaban J connectivity index is 2.67. The minimum absolute atomic E-state index is 0.150. The predicted molar refractivity (Wildman–Crippen MR) is 74.1 cm³/mol. The maximum Gasteiger partial charge on any atom is 0.0753 e. The largest absolute Gasteiger partial charge is 0.0753 e. The van der Waals surface area contributed by atoms with E-state index in [2.05, 4.69) is 20.8 Å². The lowest BCUT2D eigenvalue weighted by atomic mass is 9.49. The van der Waals surface area contributed by atoms with Crippen molar-refractivity contribution in [2.24, 2.45) is 5.41 Å². The molecule has 92 valence electrons. The Kier molecular flexibility index (Phi) is 5.40. The molecular weight excluding hydrogens is 191 g/mol. The summed E-state index contributed by atoms with van der Waals surface area (Å²) in [6, 6.07) is 0. The SMILES string of the molecule is [B]C1(C(C)(CCCC)CCCC)CCCC1. The summed E-state index contributed by atoms with van der Waals surface area (Å²) in [6.07, 6.45) is 13.2. The van der Waals surface area contributed by atoms with E-state index in [4.69, 9.17) is 7.85 Å². The van der Waals surface area contributed by atoms with E-state index in [0.29, 0.717) is 5.41 Å². The summed E-state index contributed by atoms with van der Waals surface area (Å²) in [4.78, 5) is 0. The van der Waals surface area contributed by atoms with Crippen LogP contribution < -0.4 is 0 Å². The molecule has 0 bridgehead atoms. The second-order valence-electron chi connectivity index (χ2n) is 6.13. The molecule has 2 radical (unpaired) electrons. The molecule has 1 fully saturated rings. The molecule has 0 atom stereocenters. The standard InChI is InChI=1S/C15H29B/c1-4-6-10-14(3,11-7-5-2)15(16)12-8-9-13-15/h4-13H2,1-3H3.